The summed E-state index contributed by atoms with van der Waals surface area (Å²) in [5, 5.41) is 6.81. The average Bonchev–Trinajstić information content (AvgIpc) is 3.36. The Morgan fingerprint density at radius 1 is 0.962 bits per heavy atom. The molecule has 0 atom stereocenters. The van der Waals surface area contributed by atoms with Crippen molar-refractivity contribution < 1.29 is 9.15 Å². The minimum Gasteiger partial charge on any atom is -0.463 e. The number of anilines is 1. The number of para-hydroxylation sites is 1. The number of hydrogen-bond acceptors (Lipinski definition) is 6. The van der Waals surface area contributed by atoms with E-state index in [-0.39, 0.29) is 0 Å². The summed E-state index contributed by atoms with van der Waals surface area (Å²) < 4.78 is 11.0. The third-order valence-electron chi connectivity index (χ3n) is 3.53. The van der Waals surface area contributed by atoms with Crippen molar-refractivity contribution in [2.45, 2.75) is 0 Å². The summed E-state index contributed by atoms with van der Waals surface area (Å²) in [6.45, 7) is 0. The second-order valence-electron chi connectivity index (χ2n) is 5.36. The molecule has 0 fully saturated rings. The summed E-state index contributed by atoms with van der Waals surface area (Å²) in [6, 6.07) is 21.2. The third kappa shape index (κ3) is 3.99. The van der Waals surface area contributed by atoms with E-state index >= 15 is 0 Å². The highest BCUT2D eigenvalue weighted by Gasteiger charge is 2.05. The number of hydrazone groups is 1. The molecule has 26 heavy (non-hydrogen) atoms. The van der Waals surface area contributed by atoms with Crippen LogP contribution in [0.3, 0.4) is 0 Å². The van der Waals surface area contributed by atoms with Crippen molar-refractivity contribution in [3.8, 4) is 22.8 Å². The van der Waals surface area contributed by atoms with Crippen LogP contribution in [-0.2, 0) is 0 Å². The van der Waals surface area contributed by atoms with E-state index in [0.29, 0.717) is 10.9 Å². The Balaban J connectivity index is 1.40. The molecule has 6 heteroatoms. The van der Waals surface area contributed by atoms with Gasteiger partial charge >= 0.3 is 0 Å². The molecular weight excluding hydrogens is 346 g/mol. The van der Waals surface area contributed by atoms with Gasteiger partial charge < -0.3 is 9.15 Å². The van der Waals surface area contributed by atoms with Gasteiger partial charge in [-0.05, 0) is 48.5 Å². The molecule has 128 valence electrons. The molecule has 0 spiro atoms. The van der Waals surface area contributed by atoms with Gasteiger partial charge in [0.25, 0.3) is 0 Å². The van der Waals surface area contributed by atoms with E-state index in [1.807, 2.05) is 72.1 Å². The number of thiazole rings is 1. The van der Waals surface area contributed by atoms with Crippen molar-refractivity contribution in [2.24, 2.45) is 5.10 Å². The summed E-state index contributed by atoms with van der Waals surface area (Å²) in [4.78, 5) is 4.54. The Kier molecular flexibility index (Phi) is 4.75. The monoisotopic (exact) mass is 361 g/mol. The molecule has 0 saturated heterocycles. The van der Waals surface area contributed by atoms with Gasteiger partial charge in [0.2, 0.25) is 5.13 Å². The summed E-state index contributed by atoms with van der Waals surface area (Å²) in [5.41, 5.74) is 4.81. The Morgan fingerprint density at radius 2 is 1.77 bits per heavy atom. The first-order valence-corrected chi connectivity index (χ1v) is 8.86. The van der Waals surface area contributed by atoms with Crippen LogP contribution >= 0.6 is 11.3 Å². The molecule has 0 amide bonds. The molecule has 0 aliphatic carbocycles. The second-order valence-corrected chi connectivity index (χ2v) is 6.22. The van der Waals surface area contributed by atoms with Gasteiger partial charge in [0.1, 0.15) is 17.3 Å². The summed E-state index contributed by atoms with van der Waals surface area (Å²) in [7, 11) is 0. The lowest BCUT2D eigenvalue weighted by atomic mass is 10.2. The van der Waals surface area contributed by atoms with Crippen LogP contribution in [0.2, 0.25) is 0 Å². The molecule has 0 aliphatic heterocycles. The fraction of sp³-hybridized carbons (Fsp3) is 0. The number of rotatable bonds is 6. The number of nitrogens with zero attached hydrogens (tertiary/aromatic N) is 2. The summed E-state index contributed by atoms with van der Waals surface area (Å²) >= 11 is 1.49. The fourth-order valence-electron chi connectivity index (χ4n) is 2.29. The van der Waals surface area contributed by atoms with E-state index in [2.05, 4.69) is 15.5 Å². The van der Waals surface area contributed by atoms with Gasteiger partial charge in [0, 0.05) is 10.9 Å². The van der Waals surface area contributed by atoms with Gasteiger partial charge in [-0.1, -0.05) is 18.2 Å². The number of ether oxygens (including phenoxy) is 1. The minimum atomic E-state index is 0.684. The number of furan rings is 1. The molecule has 0 aliphatic rings. The number of benzene rings is 2. The van der Waals surface area contributed by atoms with Crippen molar-refractivity contribution in [3.05, 3.63) is 84.1 Å². The van der Waals surface area contributed by atoms with E-state index in [1.54, 1.807) is 12.5 Å². The molecular formula is C20H15N3O2S. The molecule has 2 aromatic carbocycles. The molecule has 0 unspecified atom stereocenters. The van der Waals surface area contributed by atoms with Gasteiger partial charge in [-0.25, -0.2) is 4.98 Å². The van der Waals surface area contributed by atoms with Crippen LogP contribution in [0.4, 0.5) is 5.13 Å². The normalized spacial score (nSPS) is 10.9. The largest absolute Gasteiger partial charge is 0.463 e. The molecule has 2 heterocycles. The zero-order valence-corrected chi connectivity index (χ0v) is 14.5. The SMILES string of the molecule is C(=NNc1nc(-c2ccc(Oc3ccccc3)cc2)cs1)c1ccco1. The first kappa shape index (κ1) is 16.1. The van der Waals surface area contributed by atoms with Crippen LogP contribution in [0.5, 0.6) is 11.5 Å². The zero-order valence-electron chi connectivity index (χ0n) is 13.7. The van der Waals surface area contributed by atoms with Gasteiger partial charge in [0.05, 0.1) is 18.2 Å². The van der Waals surface area contributed by atoms with Crippen molar-refractivity contribution in [1.29, 1.82) is 0 Å². The number of aromatic nitrogens is 1. The molecule has 4 rings (SSSR count). The van der Waals surface area contributed by atoms with E-state index in [4.69, 9.17) is 9.15 Å². The highest BCUT2D eigenvalue weighted by Crippen LogP contribution is 2.28. The standard InChI is InChI=1S/C20H15N3O2S/c1-2-5-16(6-3-1)25-17-10-8-15(9-11-17)19-14-26-20(22-19)23-21-13-18-7-4-12-24-18/h1-14H,(H,22,23). The van der Waals surface area contributed by atoms with Crippen molar-refractivity contribution >= 4 is 22.7 Å². The van der Waals surface area contributed by atoms with Crippen LogP contribution in [0.1, 0.15) is 5.76 Å². The van der Waals surface area contributed by atoms with Crippen molar-refractivity contribution in [1.82, 2.24) is 4.98 Å². The summed E-state index contributed by atoms with van der Waals surface area (Å²) in [6.07, 6.45) is 3.21. The van der Waals surface area contributed by atoms with Crippen LogP contribution in [0.15, 0.2) is 87.9 Å². The average molecular weight is 361 g/mol. The molecule has 1 N–H and O–H groups in total. The second kappa shape index (κ2) is 7.67. The Bertz CT molecular complexity index is 978. The van der Waals surface area contributed by atoms with Gasteiger partial charge in [-0.15, -0.1) is 11.3 Å². The lowest BCUT2D eigenvalue weighted by molar-refractivity contribution is 0.483. The lowest BCUT2D eigenvalue weighted by Gasteiger charge is -2.05. The smallest absolute Gasteiger partial charge is 0.203 e. The Hall–Kier alpha value is -3.38. The Labute approximate surface area is 154 Å². The zero-order chi connectivity index (χ0) is 17.6. The molecule has 4 aromatic rings. The van der Waals surface area contributed by atoms with Crippen LogP contribution in [0, 0.1) is 0 Å². The molecule has 5 nitrogen and oxygen atoms in total. The maximum Gasteiger partial charge on any atom is 0.203 e. The van der Waals surface area contributed by atoms with E-state index < -0.39 is 0 Å². The maximum atomic E-state index is 5.80. The number of hydrogen-bond donors (Lipinski definition) is 1. The number of nitrogens with one attached hydrogen (secondary N) is 1. The highest BCUT2D eigenvalue weighted by atomic mass is 32.1. The lowest BCUT2D eigenvalue weighted by Crippen LogP contribution is -1.89. The maximum absolute atomic E-state index is 5.80. The Morgan fingerprint density at radius 3 is 2.54 bits per heavy atom. The molecule has 0 radical (unpaired) electrons. The van der Waals surface area contributed by atoms with Crippen molar-refractivity contribution in [3.63, 3.8) is 0 Å². The first-order chi connectivity index (χ1) is 12.9. The van der Waals surface area contributed by atoms with Crippen molar-refractivity contribution in [2.75, 3.05) is 5.43 Å². The molecule has 0 bridgehead atoms. The van der Waals surface area contributed by atoms with E-state index in [1.165, 1.54) is 11.3 Å². The van der Waals surface area contributed by atoms with E-state index in [0.717, 1.165) is 22.8 Å². The van der Waals surface area contributed by atoms with E-state index in [9.17, 15) is 0 Å². The fourth-order valence-corrected chi connectivity index (χ4v) is 2.96. The minimum absolute atomic E-state index is 0.684. The predicted molar refractivity (Wildman–Crippen MR) is 104 cm³/mol. The predicted octanol–water partition coefficient (Wildman–Crippen LogP) is 5.64. The van der Waals surface area contributed by atoms with Crippen LogP contribution in [-0.4, -0.2) is 11.2 Å². The quantitative estimate of drug-likeness (QED) is 0.356. The molecule has 2 aromatic heterocycles. The highest BCUT2D eigenvalue weighted by molar-refractivity contribution is 7.14. The van der Waals surface area contributed by atoms with Gasteiger partial charge in [-0.2, -0.15) is 5.10 Å². The summed E-state index contributed by atoms with van der Waals surface area (Å²) in [5.74, 6) is 2.29. The topological polar surface area (TPSA) is 59.7 Å². The molecule has 0 saturated carbocycles. The van der Waals surface area contributed by atoms with Crippen LogP contribution in [0.25, 0.3) is 11.3 Å². The third-order valence-corrected chi connectivity index (χ3v) is 4.28. The van der Waals surface area contributed by atoms with Gasteiger partial charge in [0.15, 0.2) is 0 Å². The first-order valence-electron chi connectivity index (χ1n) is 7.98. The van der Waals surface area contributed by atoms with Crippen LogP contribution < -0.4 is 10.2 Å². The van der Waals surface area contributed by atoms with Gasteiger partial charge in [-0.3, -0.25) is 5.43 Å².